The zero-order valence-corrected chi connectivity index (χ0v) is 9.04. The molecule has 5 nitrogen and oxygen atoms in total. The summed E-state index contributed by atoms with van der Waals surface area (Å²) in [6.07, 6.45) is -7.92. The van der Waals surface area contributed by atoms with Gasteiger partial charge in [0, 0.05) is 18.3 Å². The minimum Gasteiger partial charge on any atom is -0.477 e. The summed E-state index contributed by atoms with van der Waals surface area (Å²) in [7, 11) is 0. The molecule has 0 radical (unpaired) electrons. The lowest BCUT2D eigenvalue weighted by Gasteiger charge is -2.15. The molecule has 1 aromatic rings. The molecule has 106 valence electrons. The third kappa shape index (κ3) is 3.50. The van der Waals surface area contributed by atoms with E-state index in [0.717, 1.165) is 0 Å². The van der Waals surface area contributed by atoms with E-state index in [2.05, 4.69) is 9.72 Å². The van der Waals surface area contributed by atoms with Crippen molar-refractivity contribution in [1.29, 1.82) is 0 Å². The van der Waals surface area contributed by atoms with Gasteiger partial charge < -0.3 is 15.6 Å². The number of aromatic carboxylic acids is 1. The van der Waals surface area contributed by atoms with Gasteiger partial charge in [-0.15, -0.1) is 13.2 Å². The van der Waals surface area contributed by atoms with Crippen LogP contribution in [0.15, 0.2) is 6.20 Å². The number of aromatic nitrogens is 1. The highest BCUT2D eigenvalue weighted by Crippen LogP contribution is 2.32. The van der Waals surface area contributed by atoms with Crippen molar-refractivity contribution in [3.05, 3.63) is 22.9 Å². The third-order valence-electron chi connectivity index (χ3n) is 2.05. The maximum Gasteiger partial charge on any atom is 0.574 e. The van der Waals surface area contributed by atoms with Gasteiger partial charge in [0.05, 0.1) is 0 Å². The number of carboxylic acids is 1. The normalized spacial score (nSPS) is 11.7. The average Bonchev–Trinajstić information content (AvgIpc) is 2.25. The van der Waals surface area contributed by atoms with Crippen LogP contribution in [0.25, 0.3) is 0 Å². The molecule has 0 atom stereocenters. The lowest BCUT2D eigenvalue weighted by atomic mass is 10.0. The molecule has 3 N–H and O–H groups in total. The topological polar surface area (TPSA) is 85.4 Å². The Balaban J connectivity index is 3.46. The molecule has 19 heavy (non-hydrogen) atoms. The summed E-state index contributed by atoms with van der Waals surface area (Å²) in [6.45, 7) is -0.696. The van der Waals surface area contributed by atoms with Gasteiger partial charge in [0.15, 0.2) is 0 Å². The van der Waals surface area contributed by atoms with Crippen LogP contribution in [0.3, 0.4) is 0 Å². The fraction of sp³-hybridized carbons (Fsp3) is 0.333. The van der Waals surface area contributed by atoms with Crippen LogP contribution in [0.1, 0.15) is 27.9 Å². The van der Waals surface area contributed by atoms with Crippen molar-refractivity contribution in [2.45, 2.75) is 19.3 Å². The number of hydrogen-bond donors (Lipinski definition) is 2. The van der Waals surface area contributed by atoms with E-state index in [-0.39, 0.29) is 0 Å². The number of nitrogens with two attached hydrogens (primary N) is 1. The average molecular weight is 286 g/mol. The summed E-state index contributed by atoms with van der Waals surface area (Å²) in [4.78, 5) is 13.8. The highest BCUT2D eigenvalue weighted by Gasteiger charge is 2.35. The zero-order valence-electron chi connectivity index (χ0n) is 9.04. The SMILES string of the molecule is NCc1c(C(F)F)cnc(OC(F)(F)F)c1C(=O)O. The van der Waals surface area contributed by atoms with Gasteiger partial charge in [-0.05, 0) is 5.56 Å². The summed E-state index contributed by atoms with van der Waals surface area (Å²) in [5.74, 6) is -3.22. The quantitative estimate of drug-likeness (QED) is 0.828. The number of ether oxygens (including phenoxy) is 1. The van der Waals surface area contributed by atoms with Crippen molar-refractivity contribution >= 4 is 5.97 Å². The molecule has 1 aromatic heterocycles. The first kappa shape index (κ1) is 15.1. The van der Waals surface area contributed by atoms with E-state index in [1.165, 1.54) is 0 Å². The molecule has 1 heterocycles. The van der Waals surface area contributed by atoms with Crippen LogP contribution in [0.2, 0.25) is 0 Å². The van der Waals surface area contributed by atoms with Gasteiger partial charge in [0.1, 0.15) is 5.56 Å². The number of carboxylic acid groups (broad SMARTS) is 1. The molecule has 1 rings (SSSR count). The van der Waals surface area contributed by atoms with Gasteiger partial charge in [0.25, 0.3) is 6.43 Å². The molecule has 10 heteroatoms. The van der Waals surface area contributed by atoms with Crippen LogP contribution in [-0.4, -0.2) is 22.4 Å². The Morgan fingerprint density at radius 3 is 2.42 bits per heavy atom. The predicted octanol–water partition coefficient (Wildman–Crippen LogP) is 2.07. The molecule has 0 aliphatic carbocycles. The monoisotopic (exact) mass is 286 g/mol. The molecule has 0 saturated heterocycles. The van der Waals surface area contributed by atoms with Crippen LogP contribution < -0.4 is 10.5 Å². The minimum atomic E-state index is -5.20. The number of nitrogens with zero attached hydrogens (tertiary/aromatic N) is 1. The molecule has 0 saturated carbocycles. The van der Waals surface area contributed by atoms with E-state index in [1.54, 1.807) is 0 Å². The van der Waals surface area contributed by atoms with Gasteiger partial charge in [-0.25, -0.2) is 18.6 Å². The Bertz CT molecular complexity index is 489. The zero-order chi connectivity index (χ0) is 14.8. The van der Waals surface area contributed by atoms with E-state index in [9.17, 15) is 26.7 Å². The van der Waals surface area contributed by atoms with Gasteiger partial charge in [-0.3, -0.25) is 0 Å². The fourth-order valence-electron chi connectivity index (χ4n) is 1.36. The number of hydrogen-bond acceptors (Lipinski definition) is 4. The Morgan fingerprint density at radius 1 is 1.47 bits per heavy atom. The maximum absolute atomic E-state index is 12.6. The number of alkyl halides is 5. The van der Waals surface area contributed by atoms with Gasteiger partial charge >= 0.3 is 12.3 Å². The van der Waals surface area contributed by atoms with E-state index in [0.29, 0.717) is 6.20 Å². The second kappa shape index (κ2) is 5.34. The van der Waals surface area contributed by atoms with Gasteiger partial charge in [-0.2, -0.15) is 0 Å². The maximum atomic E-state index is 12.6. The number of halogens is 5. The smallest absolute Gasteiger partial charge is 0.477 e. The summed E-state index contributed by atoms with van der Waals surface area (Å²) in [6, 6.07) is 0. The van der Waals surface area contributed by atoms with E-state index in [4.69, 9.17) is 10.8 Å². The van der Waals surface area contributed by atoms with Crippen LogP contribution >= 0.6 is 0 Å². The van der Waals surface area contributed by atoms with Crippen LogP contribution in [-0.2, 0) is 6.54 Å². The summed E-state index contributed by atoms with van der Waals surface area (Å²) in [5.41, 5.74) is 2.46. The molecular weight excluding hydrogens is 279 g/mol. The lowest BCUT2D eigenvalue weighted by Crippen LogP contribution is -2.22. The second-order valence-electron chi connectivity index (χ2n) is 3.23. The second-order valence-corrected chi connectivity index (χ2v) is 3.23. The van der Waals surface area contributed by atoms with Gasteiger partial charge in [-0.1, -0.05) is 0 Å². The molecule has 0 bridgehead atoms. The number of pyridine rings is 1. The van der Waals surface area contributed by atoms with Crippen LogP contribution in [0.5, 0.6) is 5.88 Å². The van der Waals surface area contributed by atoms with Crippen molar-refractivity contribution in [3.8, 4) is 5.88 Å². The molecule has 0 aliphatic rings. The van der Waals surface area contributed by atoms with Gasteiger partial charge in [0.2, 0.25) is 5.88 Å². The molecule has 0 fully saturated rings. The third-order valence-corrected chi connectivity index (χ3v) is 2.05. The Hall–Kier alpha value is -1.97. The molecule has 0 amide bonds. The minimum absolute atomic E-state index is 0.403. The first-order valence-corrected chi connectivity index (χ1v) is 4.66. The van der Waals surface area contributed by atoms with Crippen molar-refractivity contribution in [1.82, 2.24) is 4.98 Å². The largest absolute Gasteiger partial charge is 0.574 e. The molecule has 0 spiro atoms. The van der Waals surface area contributed by atoms with Crippen molar-refractivity contribution < 1.29 is 36.6 Å². The summed E-state index contributed by atoms with van der Waals surface area (Å²) >= 11 is 0. The first-order valence-electron chi connectivity index (χ1n) is 4.66. The number of rotatable bonds is 4. The van der Waals surface area contributed by atoms with Crippen molar-refractivity contribution in [2.75, 3.05) is 0 Å². The highest BCUT2D eigenvalue weighted by atomic mass is 19.4. The van der Waals surface area contributed by atoms with Crippen molar-refractivity contribution in [3.63, 3.8) is 0 Å². The summed E-state index contributed by atoms with van der Waals surface area (Å²) in [5, 5.41) is 8.79. The fourth-order valence-corrected chi connectivity index (χ4v) is 1.36. The molecule has 0 aromatic carbocycles. The Kier molecular flexibility index (Phi) is 4.24. The van der Waals surface area contributed by atoms with Crippen LogP contribution in [0, 0.1) is 0 Å². The number of carbonyl (C=O) groups is 1. The molecule has 0 unspecified atom stereocenters. The van der Waals surface area contributed by atoms with E-state index >= 15 is 0 Å². The summed E-state index contributed by atoms with van der Waals surface area (Å²) < 4.78 is 64.7. The molecule has 0 aliphatic heterocycles. The lowest BCUT2D eigenvalue weighted by molar-refractivity contribution is -0.276. The first-order chi connectivity index (χ1) is 8.67. The van der Waals surface area contributed by atoms with E-state index < -0.39 is 47.9 Å². The Labute approximate surface area is 102 Å². The predicted molar refractivity (Wildman–Crippen MR) is 50.7 cm³/mol. The standard InChI is InChI=1S/C9H7F5N2O3/c10-6(11)4-2-16-7(19-9(12,13)14)5(8(17)18)3(4)1-15/h2,6H,1,15H2,(H,17,18). The highest BCUT2D eigenvalue weighted by molar-refractivity contribution is 5.92. The molecular formula is C9H7F5N2O3. The van der Waals surface area contributed by atoms with Crippen molar-refractivity contribution in [2.24, 2.45) is 5.73 Å². The van der Waals surface area contributed by atoms with E-state index in [1.807, 2.05) is 0 Å². The Morgan fingerprint density at radius 2 is 2.05 bits per heavy atom. The van der Waals surface area contributed by atoms with Crippen LogP contribution in [0.4, 0.5) is 22.0 Å².